The van der Waals surface area contributed by atoms with Crippen molar-refractivity contribution in [3.63, 3.8) is 0 Å². The van der Waals surface area contributed by atoms with Crippen molar-refractivity contribution < 1.29 is 13.2 Å². The summed E-state index contributed by atoms with van der Waals surface area (Å²) < 4.78 is 30.1. The molecule has 1 aromatic heterocycles. The number of hydrogen-bond donors (Lipinski definition) is 0. The molecule has 158 valence electrons. The van der Waals surface area contributed by atoms with Crippen molar-refractivity contribution in [3.8, 4) is 0 Å². The molecular formula is C20H27N3O4S2. The smallest absolute Gasteiger partial charge is 0.308 e. The van der Waals surface area contributed by atoms with Crippen LogP contribution in [0.5, 0.6) is 0 Å². The maximum Gasteiger partial charge on any atom is 0.308 e. The molecule has 2 aromatic rings. The molecule has 2 aliphatic rings. The van der Waals surface area contributed by atoms with Crippen LogP contribution in [0.4, 0.5) is 0 Å². The second-order valence-corrected chi connectivity index (χ2v) is 10.7. The Morgan fingerprint density at radius 1 is 1.10 bits per heavy atom. The van der Waals surface area contributed by atoms with Gasteiger partial charge in [-0.3, -0.25) is 14.2 Å². The Labute approximate surface area is 175 Å². The Balaban J connectivity index is 1.48. The number of benzene rings is 1. The number of amides is 1. The maximum atomic E-state index is 13.1. The molecular weight excluding hydrogens is 410 g/mol. The van der Waals surface area contributed by atoms with E-state index in [1.807, 2.05) is 11.8 Å². The van der Waals surface area contributed by atoms with Crippen molar-refractivity contribution in [3.05, 3.63) is 27.9 Å². The van der Waals surface area contributed by atoms with E-state index in [1.165, 1.54) is 10.7 Å². The Morgan fingerprint density at radius 3 is 2.45 bits per heavy atom. The van der Waals surface area contributed by atoms with Crippen molar-refractivity contribution in [2.24, 2.45) is 5.92 Å². The van der Waals surface area contributed by atoms with Crippen molar-refractivity contribution >= 4 is 37.5 Å². The Hall–Kier alpha value is -1.71. The average Bonchev–Trinajstić information content (AvgIpc) is 3.08. The molecule has 0 aliphatic carbocycles. The molecule has 0 atom stereocenters. The average molecular weight is 438 g/mol. The standard InChI is InChI=1S/C20H27N3O4S2/c1-2-23-17-7-6-16(14-18(17)28-20(23)25)29(26,27)22-12-8-15(9-13-22)19(24)21-10-4-3-5-11-21/h6-7,14-15H,2-5,8-13H2,1H3. The fraction of sp³-hybridized carbons (Fsp3) is 0.600. The van der Waals surface area contributed by atoms with Gasteiger partial charge in [-0.15, -0.1) is 0 Å². The summed E-state index contributed by atoms with van der Waals surface area (Å²) in [5, 5.41) is 0. The SMILES string of the molecule is CCn1c(=O)sc2cc(S(=O)(=O)N3CCC(C(=O)N4CCCCC4)CC3)ccc21. The summed E-state index contributed by atoms with van der Waals surface area (Å²) >= 11 is 1.07. The van der Waals surface area contributed by atoms with Gasteiger partial charge >= 0.3 is 4.87 Å². The number of likely N-dealkylation sites (tertiary alicyclic amines) is 1. The van der Waals surface area contributed by atoms with E-state index in [1.54, 1.807) is 22.8 Å². The first-order valence-electron chi connectivity index (χ1n) is 10.3. The minimum atomic E-state index is -3.63. The van der Waals surface area contributed by atoms with Gasteiger partial charge in [-0.05, 0) is 57.2 Å². The maximum absolute atomic E-state index is 13.1. The molecule has 0 radical (unpaired) electrons. The lowest BCUT2D eigenvalue weighted by Gasteiger charge is -2.35. The van der Waals surface area contributed by atoms with E-state index in [0.717, 1.165) is 42.8 Å². The quantitative estimate of drug-likeness (QED) is 0.736. The van der Waals surface area contributed by atoms with Crippen LogP contribution in [0.3, 0.4) is 0 Å². The fourth-order valence-corrected chi connectivity index (χ4v) is 6.94. The summed E-state index contributed by atoms with van der Waals surface area (Å²) in [6.45, 7) is 4.83. The van der Waals surface area contributed by atoms with Crippen LogP contribution in [0.1, 0.15) is 39.0 Å². The summed E-state index contributed by atoms with van der Waals surface area (Å²) in [6, 6.07) is 4.91. The molecule has 0 spiro atoms. The van der Waals surface area contributed by atoms with E-state index >= 15 is 0 Å². The molecule has 4 rings (SSSR count). The number of fused-ring (bicyclic) bond motifs is 1. The monoisotopic (exact) mass is 437 g/mol. The Morgan fingerprint density at radius 2 is 1.79 bits per heavy atom. The zero-order valence-electron chi connectivity index (χ0n) is 16.7. The second-order valence-electron chi connectivity index (χ2n) is 7.81. The lowest BCUT2D eigenvalue weighted by molar-refractivity contribution is -0.137. The summed E-state index contributed by atoms with van der Waals surface area (Å²) in [5.41, 5.74) is 0.771. The Bertz CT molecular complexity index is 1060. The third-order valence-electron chi connectivity index (χ3n) is 6.06. The molecule has 29 heavy (non-hydrogen) atoms. The third kappa shape index (κ3) is 3.87. The number of carbonyl (C=O) groups excluding carboxylic acids is 1. The number of aryl methyl sites for hydroxylation is 1. The highest BCUT2D eigenvalue weighted by Gasteiger charge is 2.34. The molecule has 0 N–H and O–H groups in total. The van der Waals surface area contributed by atoms with Crippen LogP contribution in [0.25, 0.3) is 10.2 Å². The number of rotatable bonds is 4. The van der Waals surface area contributed by atoms with E-state index in [2.05, 4.69) is 0 Å². The van der Waals surface area contributed by atoms with Crippen LogP contribution in [0.2, 0.25) is 0 Å². The third-order valence-corrected chi connectivity index (χ3v) is 8.90. The molecule has 9 heteroatoms. The fourth-order valence-electron chi connectivity index (χ4n) is 4.37. The highest BCUT2D eigenvalue weighted by atomic mass is 32.2. The largest absolute Gasteiger partial charge is 0.342 e. The zero-order chi connectivity index (χ0) is 20.6. The minimum Gasteiger partial charge on any atom is -0.342 e. The Kier molecular flexibility index (Phi) is 5.81. The summed E-state index contributed by atoms with van der Waals surface area (Å²) in [4.78, 5) is 26.9. The highest BCUT2D eigenvalue weighted by molar-refractivity contribution is 7.89. The molecule has 0 bridgehead atoms. The lowest BCUT2D eigenvalue weighted by atomic mass is 9.95. The van der Waals surface area contributed by atoms with Gasteiger partial charge in [-0.1, -0.05) is 11.3 Å². The predicted octanol–water partition coefficient (Wildman–Crippen LogP) is 2.50. The predicted molar refractivity (Wildman–Crippen MR) is 114 cm³/mol. The van der Waals surface area contributed by atoms with E-state index in [-0.39, 0.29) is 21.6 Å². The molecule has 3 heterocycles. The number of nitrogens with zero attached hydrogens (tertiary/aromatic N) is 3. The van der Waals surface area contributed by atoms with Crippen molar-refractivity contribution in [2.75, 3.05) is 26.2 Å². The van der Waals surface area contributed by atoms with Crippen LogP contribution in [0, 0.1) is 5.92 Å². The van der Waals surface area contributed by atoms with Gasteiger partial charge in [0.2, 0.25) is 15.9 Å². The van der Waals surface area contributed by atoms with E-state index in [0.29, 0.717) is 37.2 Å². The number of piperidine rings is 2. The van der Waals surface area contributed by atoms with E-state index < -0.39 is 10.0 Å². The second kappa shape index (κ2) is 8.20. The number of sulfonamides is 1. The molecule has 1 amide bonds. The molecule has 1 aromatic carbocycles. The first kappa shape index (κ1) is 20.6. The van der Waals surface area contributed by atoms with Crippen LogP contribution in [-0.2, 0) is 21.4 Å². The topological polar surface area (TPSA) is 79.7 Å². The summed E-state index contributed by atoms with van der Waals surface area (Å²) in [7, 11) is -3.63. The van der Waals surface area contributed by atoms with Gasteiger partial charge in [0, 0.05) is 38.6 Å². The van der Waals surface area contributed by atoms with Crippen LogP contribution in [-0.4, -0.2) is 54.3 Å². The van der Waals surface area contributed by atoms with Gasteiger partial charge in [0.05, 0.1) is 15.1 Å². The number of thiazole rings is 1. The molecule has 0 unspecified atom stereocenters. The molecule has 2 fully saturated rings. The van der Waals surface area contributed by atoms with Crippen molar-refractivity contribution in [1.29, 1.82) is 0 Å². The van der Waals surface area contributed by atoms with Crippen LogP contribution < -0.4 is 4.87 Å². The van der Waals surface area contributed by atoms with Gasteiger partial charge in [0.15, 0.2) is 0 Å². The normalized spacial score (nSPS) is 19.7. The number of hydrogen-bond acceptors (Lipinski definition) is 5. The van der Waals surface area contributed by atoms with Crippen molar-refractivity contribution in [1.82, 2.24) is 13.8 Å². The number of aromatic nitrogens is 1. The summed E-state index contributed by atoms with van der Waals surface area (Å²) in [6.07, 6.45) is 4.44. The first-order valence-corrected chi connectivity index (χ1v) is 12.6. The van der Waals surface area contributed by atoms with Gasteiger partial charge < -0.3 is 4.90 Å². The molecule has 2 aliphatic heterocycles. The van der Waals surface area contributed by atoms with Crippen LogP contribution in [0.15, 0.2) is 27.9 Å². The van der Waals surface area contributed by atoms with Gasteiger partial charge in [0.25, 0.3) is 0 Å². The lowest BCUT2D eigenvalue weighted by Crippen LogP contribution is -2.45. The number of carbonyl (C=O) groups is 1. The highest BCUT2D eigenvalue weighted by Crippen LogP contribution is 2.28. The first-order chi connectivity index (χ1) is 13.9. The van der Waals surface area contributed by atoms with Gasteiger partial charge in [0.1, 0.15) is 0 Å². The van der Waals surface area contributed by atoms with Gasteiger partial charge in [-0.2, -0.15) is 4.31 Å². The van der Waals surface area contributed by atoms with E-state index in [9.17, 15) is 18.0 Å². The van der Waals surface area contributed by atoms with Crippen molar-refractivity contribution in [2.45, 2.75) is 50.5 Å². The van der Waals surface area contributed by atoms with Gasteiger partial charge in [-0.25, -0.2) is 8.42 Å². The summed E-state index contributed by atoms with van der Waals surface area (Å²) in [5.74, 6) is 0.111. The van der Waals surface area contributed by atoms with Crippen LogP contribution >= 0.6 is 11.3 Å². The molecule has 7 nitrogen and oxygen atoms in total. The zero-order valence-corrected chi connectivity index (χ0v) is 18.3. The minimum absolute atomic E-state index is 0.0749. The van der Waals surface area contributed by atoms with E-state index in [4.69, 9.17) is 0 Å². The molecule has 2 saturated heterocycles. The molecule has 0 saturated carbocycles.